The van der Waals surface area contributed by atoms with Gasteiger partial charge in [0.15, 0.2) is 11.6 Å². The molecular weight excluding hydrogens is 248 g/mol. The molecule has 19 heavy (non-hydrogen) atoms. The van der Waals surface area contributed by atoms with Crippen LogP contribution in [0.2, 0.25) is 0 Å². The van der Waals surface area contributed by atoms with E-state index in [0.717, 1.165) is 17.4 Å². The topological polar surface area (TPSA) is 21.3 Å². The van der Waals surface area contributed by atoms with Crippen LogP contribution in [0.3, 0.4) is 0 Å². The molecule has 0 aliphatic rings. The van der Waals surface area contributed by atoms with Crippen molar-refractivity contribution in [3.8, 4) is 5.75 Å². The van der Waals surface area contributed by atoms with Crippen LogP contribution in [0, 0.1) is 11.6 Å². The van der Waals surface area contributed by atoms with Crippen molar-refractivity contribution < 1.29 is 13.5 Å². The predicted octanol–water partition coefficient (Wildman–Crippen LogP) is 3.26. The Bertz CT molecular complexity index is 558. The van der Waals surface area contributed by atoms with E-state index < -0.39 is 11.6 Å². The lowest BCUT2D eigenvalue weighted by atomic mass is 10.1. The standard InChI is InChI=1S/C15H15F2NO/c1-19-14-8-3-2-5-11(14)9-18-10-12-6-4-7-13(16)15(12)17/h2-8,18H,9-10H2,1H3. The summed E-state index contributed by atoms with van der Waals surface area (Å²) in [6.07, 6.45) is 0. The van der Waals surface area contributed by atoms with Crippen molar-refractivity contribution >= 4 is 0 Å². The van der Waals surface area contributed by atoms with Crippen LogP contribution in [-0.4, -0.2) is 7.11 Å². The van der Waals surface area contributed by atoms with E-state index in [-0.39, 0.29) is 6.54 Å². The maximum Gasteiger partial charge on any atom is 0.163 e. The number of ether oxygens (including phenoxy) is 1. The van der Waals surface area contributed by atoms with Gasteiger partial charge < -0.3 is 10.1 Å². The van der Waals surface area contributed by atoms with Gasteiger partial charge in [-0.3, -0.25) is 0 Å². The molecule has 0 atom stereocenters. The Hall–Kier alpha value is -1.94. The number of halogens is 2. The fourth-order valence-corrected chi connectivity index (χ4v) is 1.87. The molecule has 0 unspecified atom stereocenters. The maximum atomic E-state index is 13.4. The molecule has 0 radical (unpaired) electrons. The van der Waals surface area contributed by atoms with Crippen molar-refractivity contribution in [2.24, 2.45) is 0 Å². The van der Waals surface area contributed by atoms with Gasteiger partial charge in [0.2, 0.25) is 0 Å². The third-order valence-electron chi connectivity index (χ3n) is 2.85. The molecular formula is C15H15F2NO. The number of hydrogen-bond acceptors (Lipinski definition) is 2. The summed E-state index contributed by atoms with van der Waals surface area (Å²) in [5, 5.41) is 3.07. The number of rotatable bonds is 5. The quantitative estimate of drug-likeness (QED) is 0.894. The number of benzene rings is 2. The summed E-state index contributed by atoms with van der Waals surface area (Å²) in [4.78, 5) is 0. The lowest BCUT2D eigenvalue weighted by molar-refractivity contribution is 0.407. The summed E-state index contributed by atoms with van der Waals surface area (Å²) < 4.78 is 31.7. The molecule has 1 N–H and O–H groups in total. The van der Waals surface area contributed by atoms with Crippen LogP contribution in [0.15, 0.2) is 42.5 Å². The summed E-state index contributed by atoms with van der Waals surface area (Å²) in [7, 11) is 1.60. The second-order valence-electron chi connectivity index (χ2n) is 4.13. The van der Waals surface area contributed by atoms with E-state index in [4.69, 9.17) is 4.74 Å². The number of para-hydroxylation sites is 1. The third-order valence-corrected chi connectivity index (χ3v) is 2.85. The molecule has 0 amide bonds. The second kappa shape index (κ2) is 6.29. The maximum absolute atomic E-state index is 13.4. The zero-order valence-electron chi connectivity index (χ0n) is 10.6. The van der Waals surface area contributed by atoms with Gasteiger partial charge in [0.25, 0.3) is 0 Å². The molecule has 0 heterocycles. The second-order valence-corrected chi connectivity index (χ2v) is 4.13. The van der Waals surface area contributed by atoms with Gasteiger partial charge in [-0.2, -0.15) is 0 Å². The zero-order chi connectivity index (χ0) is 13.7. The van der Waals surface area contributed by atoms with E-state index in [2.05, 4.69) is 5.32 Å². The Labute approximate surface area is 111 Å². The van der Waals surface area contributed by atoms with E-state index >= 15 is 0 Å². The highest BCUT2D eigenvalue weighted by molar-refractivity contribution is 5.33. The lowest BCUT2D eigenvalue weighted by Crippen LogP contribution is -2.14. The van der Waals surface area contributed by atoms with E-state index in [1.165, 1.54) is 6.07 Å². The normalized spacial score (nSPS) is 10.5. The van der Waals surface area contributed by atoms with Gasteiger partial charge in [-0.15, -0.1) is 0 Å². The minimum atomic E-state index is -0.823. The Balaban J connectivity index is 1.98. The Morgan fingerprint density at radius 2 is 1.63 bits per heavy atom. The van der Waals surface area contributed by atoms with Gasteiger partial charge >= 0.3 is 0 Å². The smallest absolute Gasteiger partial charge is 0.163 e. The molecule has 0 spiro atoms. The fourth-order valence-electron chi connectivity index (χ4n) is 1.87. The summed E-state index contributed by atoms with van der Waals surface area (Å²) in [5.74, 6) is -0.846. The first-order valence-corrected chi connectivity index (χ1v) is 5.98. The Morgan fingerprint density at radius 3 is 2.42 bits per heavy atom. The summed E-state index contributed by atoms with van der Waals surface area (Å²) >= 11 is 0. The number of methoxy groups -OCH3 is 1. The first-order valence-electron chi connectivity index (χ1n) is 5.98. The van der Waals surface area contributed by atoms with E-state index in [0.29, 0.717) is 12.1 Å². The van der Waals surface area contributed by atoms with Gasteiger partial charge in [0, 0.05) is 24.2 Å². The minimum absolute atomic E-state index is 0.266. The molecule has 0 saturated carbocycles. The molecule has 2 aromatic rings. The van der Waals surface area contributed by atoms with Crippen molar-refractivity contribution in [3.63, 3.8) is 0 Å². The molecule has 0 saturated heterocycles. The van der Waals surface area contributed by atoms with Gasteiger partial charge in [0.05, 0.1) is 7.11 Å². The number of nitrogens with one attached hydrogen (secondary N) is 1. The highest BCUT2D eigenvalue weighted by Crippen LogP contribution is 2.17. The molecule has 0 bridgehead atoms. The van der Waals surface area contributed by atoms with E-state index in [9.17, 15) is 8.78 Å². The summed E-state index contributed by atoms with van der Waals surface area (Å²) in [6.45, 7) is 0.793. The van der Waals surface area contributed by atoms with Gasteiger partial charge in [-0.05, 0) is 12.1 Å². The molecule has 100 valence electrons. The van der Waals surface area contributed by atoms with Crippen molar-refractivity contribution in [3.05, 3.63) is 65.2 Å². The van der Waals surface area contributed by atoms with Crippen molar-refractivity contribution in [1.82, 2.24) is 5.32 Å². The Morgan fingerprint density at radius 1 is 0.947 bits per heavy atom. The first-order chi connectivity index (χ1) is 9.22. The average molecular weight is 263 g/mol. The number of hydrogen-bond donors (Lipinski definition) is 1. The van der Waals surface area contributed by atoms with Crippen LogP contribution in [-0.2, 0) is 13.1 Å². The lowest BCUT2D eigenvalue weighted by Gasteiger charge is -2.10. The summed E-state index contributed by atoms with van der Waals surface area (Å²) in [5.41, 5.74) is 1.29. The van der Waals surface area contributed by atoms with Crippen molar-refractivity contribution in [2.45, 2.75) is 13.1 Å². The third kappa shape index (κ3) is 3.29. The van der Waals surface area contributed by atoms with Crippen LogP contribution in [0.1, 0.15) is 11.1 Å². The molecule has 0 fully saturated rings. The molecule has 2 aromatic carbocycles. The SMILES string of the molecule is COc1ccccc1CNCc1cccc(F)c1F. The molecule has 0 aromatic heterocycles. The first kappa shape index (κ1) is 13.5. The monoisotopic (exact) mass is 263 g/mol. The average Bonchev–Trinajstić information content (AvgIpc) is 2.44. The van der Waals surface area contributed by atoms with E-state index in [1.54, 1.807) is 13.2 Å². The van der Waals surface area contributed by atoms with Crippen LogP contribution < -0.4 is 10.1 Å². The molecule has 0 aliphatic carbocycles. The van der Waals surface area contributed by atoms with Crippen molar-refractivity contribution in [2.75, 3.05) is 7.11 Å². The minimum Gasteiger partial charge on any atom is -0.496 e. The van der Waals surface area contributed by atoms with Gasteiger partial charge in [0.1, 0.15) is 5.75 Å². The zero-order valence-corrected chi connectivity index (χ0v) is 10.6. The predicted molar refractivity (Wildman–Crippen MR) is 69.9 cm³/mol. The van der Waals surface area contributed by atoms with Gasteiger partial charge in [-0.1, -0.05) is 30.3 Å². The van der Waals surface area contributed by atoms with Crippen LogP contribution >= 0.6 is 0 Å². The fraction of sp³-hybridized carbons (Fsp3) is 0.200. The highest BCUT2D eigenvalue weighted by atomic mass is 19.2. The highest BCUT2D eigenvalue weighted by Gasteiger charge is 2.07. The Kier molecular flexibility index (Phi) is 4.47. The van der Waals surface area contributed by atoms with E-state index in [1.807, 2.05) is 24.3 Å². The molecule has 2 rings (SSSR count). The van der Waals surface area contributed by atoms with Crippen LogP contribution in [0.5, 0.6) is 5.75 Å². The van der Waals surface area contributed by atoms with Gasteiger partial charge in [-0.25, -0.2) is 8.78 Å². The van der Waals surface area contributed by atoms with Crippen molar-refractivity contribution in [1.29, 1.82) is 0 Å². The molecule has 0 aliphatic heterocycles. The van der Waals surface area contributed by atoms with Crippen LogP contribution in [0.4, 0.5) is 8.78 Å². The molecule has 2 nitrogen and oxygen atoms in total. The molecule has 4 heteroatoms. The van der Waals surface area contributed by atoms with Crippen LogP contribution in [0.25, 0.3) is 0 Å². The summed E-state index contributed by atoms with van der Waals surface area (Å²) in [6, 6.07) is 11.7. The largest absolute Gasteiger partial charge is 0.496 e.